The van der Waals surface area contributed by atoms with Gasteiger partial charge in [0.15, 0.2) is 0 Å². The molecule has 27 heavy (non-hydrogen) atoms. The van der Waals surface area contributed by atoms with E-state index >= 15 is 0 Å². The molecule has 0 amide bonds. The lowest BCUT2D eigenvalue weighted by Gasteiger charge is -2.14. The lowest BCUT2D eigenvalue weighted by atomic mass is 10.1. The molecule has 2 aromatic heterocycles. The van der Waals surface area contributed by atoms with E-state index in [1.807, 2.05) is 34.9 Å². The van der Waals surface area contributed by atoms with Crippen LogP contribution in [0.2, 0.25) is 0 Å². The van der Waals surface area contributed by atoms with Crippen molar-refractivity contribution in [3.63, 3.8) is 0 Å². The third-order valence-corrected chi connectivity index (χ3v) is 6.65. The third kappa shape index (κ3) is 3.28. The number of hydrogen-bond donors (Lipinski definition) is 1. The van der Waals surface area contributed by atoms with Gasteiger partial charge in [0.05, 0.1) is 38.3 Å². The Labute approximate surface area is 162 Å². The van der Waals surface area contributed by atoms with Crippen molar-refractivity contribution in [3.05, 3.63) is 61.6 Å². The molecule has 3 aromatic rings. The molecular formula is C21H26N3O2S+. The van der Waals surface area contributed by atoms with Crippen LogP contribution in [0.25, 0.3) is 15.9 Å². The molecule has 1 aliphatic carbocycles. The van der Waals surface area contributed by atoms with Gasteiger partial charge in [0.1, 0.15) is 4.83 Å². The number of nitrogens with one attached hydrogen (secondary N) is 1. The predicted octanol–water partition coefficient (Wildman–Crippen LogP) is 1.63. The molecular weight excluding hydrogens is 358 g/mol. The SMILES string of the molecule is C[NH+](C)CCn1c(=O)n(-c2ccccc2)c(=O)c2c3c(sc21)CCCCC3. The first-order valence-corrected chi connectivity index (χ1v) is 10.5. The number of rotatable bonds is 4. The van der Waals surface area contributed by atoms with Crippen molar-refractivity contribution in [3.8, 4) is 5.69 Å². The van der Waals surface area contributed by atoms with E-state index in [-0.39, 0.29) is 11.2 Å². The van der Waals surface area contributed by atoms with Gasteiger partial charge in [-0.25, -0.2) is 9.36 Å². The van der Waals surface area contributed by atoms with Crippen molar-refractivity contribution >= 4 is 21.6 Å². The Kier molecular flexibility index (Phi) is 5.02. The van der Waals surface area contributed by atoms with E-state index in [1.54, 1.807) is 11.3 Å². The highest BCUT2D eigenvalue weighted by atomic mass is 32.1. The van der Waals surface area contributed by atoms with E-state index in [1.165, 1.54) is 32.7 Å². The van der Waals surface area contributed by atoms with Gasteiger partial charge in [-0.05, 0) is 43.4 Å². The van der Waals surface area contributed by atoms with Crippen molar-refractivity contribution in [1.82, 2.24) is 9.13 Å². The molecule has 0 fully saturated rings. The topological polar surface area (TPSA) is 48.4 Å². The molecule has 0 saturated carbocycles. The van der Waals surface area contributed by atoms with E-state index in [9.17, 15) is 9.59 Å². The maximum absolute atomic E-state index is 13.4. The van der Waals surface area contributed by atoms with Crippen molar-refractivity contribution in [2.24, 2.45) is 0 Å². The van der Waals surface area contributed by atoms with E-state index in [2.05, 4.69) is 14.1 Å². The molecule has 0 bridgehead atoms. The summed E-state index contributed by atoms with van der Waals surface area (Å²) in [5.41, 5.74) is 1.45. The van der Waals surface area contributed by atoms with Gasteiger partial charge >= 0.3 is 5.69 Å². The number of hydrogen-bond acceptors (Lipinski definition) is 3. The number of thiophene rings is 1. The summed E-state index contributed by atoms with van der Waals surface area (Å²) in [6.07, 6.45) is 5.45. The minimum atomic E-state index is -0.226. The normalized spacial score (nSPS) is 14.5. The summed E-state index contributed by atoms with van der Waals surface area (Å²) < 4.78 is 3.20. The molecule has 1 aliphatic rings. The van der Waals surface area contributed by atoms with E-state index in [0.717, 1.165) is 36.0 Å². The lowest BCUT2D eigenvalue weighted by Crippen LogP contribution is -3.06. The van der Waals surface area contributed by atoms with Crippen LogP contribution in [0.15, 0.2) is 39.9 Å². The minimum Gasteiger partial charge on any atom is -0.338 e. The summed E-state index contributed by atoms with van der Waals surface area (Å²) in [5.74, 6) is 0. The third-order valence-electron chi connectivity index (χ3n) is 5.34. The fourth-order valence-corrected chi connectivity index (χ4v) is 5.28. The molecule has 0 spiro atoms. The Morgan fingerprint density at radius 2 is 1.78 bits per heavy atom. The van der Waals surface area contributed by atoms with Gasteiger partial charge in [0.25, 0.3) is 5.56 Å². The monoisotopic (exact) mass is 384 g/mol. The maximum Gasteiger partial charge on any atom is 0.336 e. The number of fused-ring (bicyclic) bond motifs is 3. The molecule has 6 heteroatoms. The largest absolute Gasteiger partial charge is 0.338 e. The summed E-state index contributed by atoms with van der Waals surface area (Å²) in [6, 6.07) is 9.31. The summed E-state index contributed by atoms with van der Waals surface area (Å²) in [6.45, 7) is 1.45. The number of aryl methyl sites for hydroxylation is 2. The molecule has 2 heterocycles. The van der Waals surface area contributed by atoms with E-state index in [0.29, 0.717) is 12.2 Å². The average molecular weight is 385 g/mol. The van der Waals surface area contributed by atoms with Crippen molar-refractivity contribution in [1.29, 1.82) is 0 Å². The molecule has 0 radical (unpaired) electrons. The predicted molar refractivity (Wildman–Crippen MR) is 111 cm³/mol. The molecule has 5 nitrogen and oxygen atoms in total. The van der Waals surface area contributed by atoms with Crippen LogP contribution in [0, 0.1) is 0 Å². The first-order valence-electron chi connectivity index (χ1n) is 9.72. The first kappa shape index (κ1) is 18.2. The van der Waals surface area contributed by atoms with E-state index in [4.69, 9.17) is 0 Å². The minimum absolute atomic E-state index is 0.158. The molecule has 1 aromatic carbocycles. The Morgan fingerprint density at radius 1 is 1.04 bits per heavy atom. The van der Waals surface area contributed by atoms with Crippen LogP contribution in [0.5, 0.6) is 0 Å². The Hall–Kier alpha value is -2.18. The van der Waals surface area contributed by atoms with Crippen molar-refractivity contribution in [2.45, 2.75) is 38.6 Å². The Bertz CT molecular complexity index is 1080. The van der Waals surface area contributed by atoms with Gasteiger partial charge in [-0.15, -0.1) is 11.3 Å². The highest BCUT2D eigenvalue weighted by molar-refractivity contribution is 7.18. The van der Waals surface area contributed by atoms with E-state index < -0.39 is 0 Å². The number of likely N-dealkylation sites (N-methyl/N-ethyl adjacent to an activating group) is 1. The first-order chi connectivity index (χ1) is 13.1. The summed E-state index contributed by atoms with van der Waals surface area (Å²) in [5, 5.41) is 0.772. The second-order valence-electron chi connectivity index (χ2n) is 7.61. The quantitative estimate of drug-likeness (QED) is 0.695. The smallest absolute Gasteiger partial charge is 0.336 e. The number of quaternary nitrogens is 1. The standard InChI is InChI=1S/C21H25N3O2S/c1-22(2)13-14-23-20-18(16-11-7-4-8-12-17(16)27-20)19(25)24(21(23)26)15-9-5-3-6-10-15/h3,5-6,9-10H,4,7-8,11-14H2,1-2H3/p+1. The van der Waals surface area contributed by atoms with Gasteiger partial charge in [-0.3, -0.25) is 9.36 Å². The van der Waals surface area contributed by atoms with Crippen LogP contribution >= 0.6 is 11.3 Å². The lowest BCUT2D eigenvalue weighted by molar-refractivity contribution is -0.858. The average Bonchev–Trinajstić information content (AvgIpc) is 2.85. The van der Waals surface area contributed by atoms with Crippen LogP contribution in [0.3, 0.4) is 0 Å². The highest BCUT2D eigenvalue weighted by Crippen LogP contribution is 2.33. The van der Waals surface area contributed by atoms with Gasteiger partial charge in [0.2, 0.25) is 0 Å². The second kappa shape index (κ2) is 7.44. The van der Waals surface area contributed by atoms with Crippen LogP contribution in [0.1, 0.15) is 29.7 Å². The second-order valence-corrected chi connectivity index (χ2v) is 8.70. The molecule has 4 rings (SSSR count). The molecule has 1 N–H and O–H groups in total. The molecule has 0 atom stereocenters. The van der Waals surface area contributed by atoms with Crippen LogP contribution in [-0.2, 0) is 19.4 Å². The number of nitrogens with zero attached hydrogens (tertiary/aromatic N) is 2. The van der Waals surface area contributed by atoms with Crippen LogP contribution in [-0.4, -0.2) is 29.8 Å². The summed E-state index contributed by atoms with van der Waals surface area (Å²) >= 11 is 1.66. The zero-order valence-corrected chi connectivity index (χ0v) is 16.8. The molecule has 0 saturated heterocycles. The number of aromatic nitrogens is 2. The molecule has 142 valence electrons. The summed E-state index contributed by atoms with van der Waals surface area (Å²) in [7, 11) is 4.16. The van der Waals surface area contributed by atoms with Crippen molar-refractivity contribution < 1.29 is 4.90 Å². The van der Waals surface area contributed by atoms with Crippen LogP contribution in [0.4, 0.5) is 0 Å². The molecule has 0 unspecified atom stereocenters. The fraction of sp³-hybridized carbons (Fsp3) is 0.429. The summed E-state index contributed by atoms with van der Waals surface area (Å²) in [4.78, 5) is 30.2. The Morgan fingerprint density at radius 3 is 2.52 bits per heavy atom. The number of para-hydroxylation sites is 1. The zero-order valence-electron chi connectivity index (χ0n) is 16.0. The molecule has 0 aliphatic heterocycles. The Balaban J connectivity index is 2.04. The van der Waals surface area contributed by atoms with Gasteiger partial charge in [0, 0.05) is 4.88 Å². The zero-order chi connectivity index (χ0) is 19.0. The van der Waals surface area contributed by atoms with Gasteiger partial charge in [-0.2, -0.15) is 0 Å². The van der Waals surface area contributed by atoms with Crippen molar-refractivity contribution in [2.75, 3.05) is 20.6 Å². The van der Waals surface area contributed by atoms with Gasteiger partial charge in [-0.1, -0.05) is 24.6 Å². The number of benzene rings is 1. The van der Waals surface area contributed by atoms with Crippen LogP contribution < -0.4 is 16.1 Å². The van der Waals surface area contributed by atoms with Gasteiger partial charge < -0.3 is 4.90 Å². The highest BCUT2D eigenvalue weighted by Gasteiger charge is 2.23. The maximum atomic E-state index is 13.4. The fourth-order valence-electron chi connectivity index (χ4n) is 3.88.